The van der Waals surface area contributed by atoms with E-state index >= 15 is 0 Å². The Bertz CT molecular complexity index is 345. The maximum Gasteiger partial charge on any atom is 0.134 e. The lowest BCUT2D eigenvalue weighted by Gasteiger charge is -2.18. The van der Waals surface area contributed by atoms with Crippen LogP contribution >= 0.6 is 0 Å². The molecule has 0 aromatic carbocycles. The van der Waals surface area contributed by atoms with Gasteiger partial charge in [0.15, 0.2) is 0 Å². The number of hydrogen-bond acceptors (Lipinski definition) is 6. The zero-order valence-corrected chi connectivity index (χ0v) is 10.7. The number of ether oxygens (including phenoxy) is 1. The zero-order chi connectivity index (χ0) is 12.7. The van der Waals surface area contributed by atoms with E-state index in [1.807, 2.05) is 24.9 Å². The summed E-state index contributed by atoms with van der Waals surface area (Å²) < 4.78 is 4.98. The van der Waals surface area contributed by atoms with Crippen LogP contribution in [0.15, 0.2) is 6.07 Å². The molecule has 1 aromatic heterocycles. The van der Waals surface area contributed by atoms with Gasteiger partial charge in [0.05, 0.1) is 6.61 Å². The molecule has 17 heavy (non-hydrogen) atoms. The quantitative estimate of drug-likeness (QED) is 0.664. The largest absolute Gasteiger partial charge is 0.383 e. The van der Waals surface area contributed by atoms with Crippen LogP contribution in [0.5, 0.6) is 0 Å². The fourth-order valence-corrected chi connectivity index (χ4v) is 1.43. The molecule has 0 unspecified atom stereocenters. The van der Waals surface area contributed by atoms with E-state index in [0.29, 0.717) is 13.2 Å². The van der Waals surface area contributed by atoms with Gasteiger partial charge in [-0.3, -0.25) is 0 Å². The van der Waals surface area contributed by atoms with E-state index < -0.39 is 0 Å². The second-order valence-corrected chi connectivity index (χ2v) is 3.79. The molecule has 1 rings (SSSR count). The summed E-state index contributed by atoms with van der Waals surface area (Å²) in [7, 11) is 3.64. The number of nitrogens with two attached hydrogens (primary N) is 1. The lowest BCUT2D eigenvalue weighted by atomic mass is 10.4. The Balaban J connectivity index is 2.71. The predicted molar refractivity (Wildman–Crippen MR) is 69.5 cm³/mol. The van der Waals surface area contributed by atoms with Gasteiger partial charge in [0.2, 0.25) is 0 Å². The van der Waals surface area contributed by atoms with Crippen molar-refractivity contribution >= 4 is 11.6 Å². The van der Waals surface area contributed by atoms with E-state index in [2.05, 4.69) is 15.3 Å². The summed E-state index contributed by atoms with van der Waals surface area (Å²) in [4.78, 5) is 10.7. The molecule has 0 aliphatic rings. The van der Waals surface area contributed by atoms with Gasteiger partial charge < -0.3 is 20.7 Å². The molecule has 6 nitrogen and oxygen atoms in total. The van der Waals surface area contributed by atoms with Gasteiger partial charge in [0.25, 0.3) is 0 Å². The lowest BCUT2D eigenvalue weighted by Crippen LogP contribution is -2.26. The molecule has 0 amide bonds. The predicted octanol–water partition coefficient (Wildman–Crippen LogP) is 0.238. The molecular weight excluding hydrogens is 218 g/mol. The third kappa shape index (κ3) is 4.54. The average Bonchev–Trinajstić information content (AvgIpc) is 2.29. The number of likely N-dealkylation sites (N-methyl/N-ethyl adjacent to an activating group) is 1. The van der Waals surface area contributed by atoms with E-state index in [4.69, 9.17) is 10.5 Å². The summed E-state index contributed by atoms with van der Waals surface area (Å²) >= 11 is 0. The van der Waals surface area contributed by atoms with E-state index in [1.54, 1.807) is 7.11 Å². The molecule has 0 aliphatic heterocycles. The van der Waals surface area contributed by atoms with Crippen molar-refractivity contribution in [1.82, 2.24) is 9.97 Å². The van der Waals surface area contributed by atoms with Crippen LogP contribution in [0.1, 0.15) is 5.82 Å². The molecule has 0 spiro atoms. The minimum absolute atomic E-state index is 0.603. The van der Waals surface area contributed by atoms with Gasteiger partial charge in [0.1, 0.15) is 17.5 Å². The molecule has 0 saturated heterocycles. The van der Waals surface area contributed by atoms with Crippen LogP contribution in [0.4, 0.5) is 11.6 Å². The summed E-state index contributed by atoms with van der Waals surface area (Å²) in [6.07, 6.45) is 0. The summed E-state index contributed by atoms with van der Waals surface area (Å²) in [5.41, 5.74) is 5.52. The number of rotatable bonds is 7. The molecular formula is C11H21N5O. The standard InChI is InChI=1S/C11H21N5O/c1-9-14-10(13-5-7-17-3)8-11(15-9)16(2)6-4-12/h8H,4-7,12H2,1-3H3,(H,13,14,15). The van der Waals surface area contributed by atoms with E-state index in [0.717, 1.165) is 30.5 Å². The molecule has 3 N–H and O–H groups in total. The number of aryl methyl sites for hydroxylation is 1. The Kier molecular flexibility index (Phi) is 5.65. The van der Waals surface area contributed by atoms with Crippen molar-refractivity contribution in [2.75, 3.05) is 50.6 Å². The first-order chi connectivity index (χ1) is 8.17. The SMILES string of the molecule is COCCNc1cc(N(C)CCN)nc(C)n1. The highest BCUT2D eigenvalue weighted by Gasteiger charge is 2.05. The molecule has 96 valence electrons. The van der Waals surface area contributed by atoms with Gasteiger partial charge in [-0.1, -0.05) is 0 Å². The van der Waals surface area contributed by atoms with Gasteiger partial charge in [0, 0.05) is 39.9 Å². The molecule has 0 aliphatic carbocycles. The topological polar surface area (TPSA) is 76.3 Å². The van der Waals surface area contributed by atoms with Gasteiger partial charge >= 0.3 is 0 Å². The number of nitrogens with one attached hydrogen (secondary N) is 1. The van der Waals surface area contributed by atoms with Crippen molar-refractivity contribution in [1.29, 1.82) is 0 Å². The van der Waals surface area contributed by atoms with E-state index in [9.17, 15) is 0 Å². The van der Waals surface area contributed by atoms with Crippen LogP contribution in [0.25, 0.3) is 0 Å². The van der Waals surface area contributed by atoms with Crippen molar-refractivity contribution in [3.8, 4) is 0 Å². The Morgan fingerprint density at radius 1 is 1.47 bits per heavy atom. The fraction of sp³-hybridized carbons (Fsp3) is 0.636. The molecule has 0 radical (unpaired) electrons. The Labute approximate surface area is 102 Å². The van der Waals surface area contributed by atoms with Crippen molar-refractivity contribution in [3.63, 3.8) is 0 Å². The fourth-order valence-electron chi connectivity index (χ4n) is 1.43. The van der Waals surface area contributed by atoms with Crippen molar-refractivity contribution < 1.29 is 4.74 Å². The smallest absolute Gasteiger partial charge is 0.134 e. The molecule has 0 bridgehead atoms. The number of nitrogens with zero attached hydrogens (tertiary/aromatic N) is 3. The molecule has 0 saturated carbocycles. The number of hydrogen-bond donors (Lipinski definition) is 2. The Morgan fingerprint density at radius 2 is 2.24 bits per heavy atom. The minimum atomic E-state index is 0.603. The maximum atomic E-state index is 5.52. The van der Waals surface area contributed by atoms with Gasteiger partial charge in [-0.05, 0) is 6.92 Å². The third-order valence-corrected chi connectivity index (χ3v) is 2.29. The van der Waals surface area contributed by atoms with Crippen molar-refractivity contribution in [2.45, 2.75) is 6.92 Å². The van der Waals surface area contributed by atoms with Crippen LogP contribution in [-0.4, -0.2) is 50.4 Å². The maximum absolute atomic E-state index is 5.52. The first-order valence-electron chi connectivity index (χ1n) is 5.67. The number of methoxy groups -OCH3 is 1. The van der Waals surface area contributed by atoms with E-state index in [1.165, 1.54) is 0 Å². The van der Waals surface area contributed by atoms with Crippen molar-refractivity contribution in [2.24, 2.45) is 5.73 Å². The zero-order valence-electron chi connectivity index (χ0n) is 10.7. The average molecular weight is 239 g/mol. The monoisotopic (exact) mass is 239 g/mol. The normalized spacial score (nSPS) is 10.4. The van der Waals surface area contributed by atoms with E-state index in [-0.39, 0.29) is 0 Å². The van der Waals surface area contributed by atoms with Gasteiger partial charge in [-0.15, -0.1) is 0 Å². The molecule has 1 heterocycles. The highest BCUT2D eigenvalue weighted by molar-refractivity contribution is 5.48. The number of aromatic nitrogens is 2. The second kappa shape index (κ2) is 7.03. The van der Waals surface area contributed by atoms with Crippen LogP contribution in [0.3, 0.4) is 0 Å². The highest BCUT2D eigenvalue weighted by atomic mass is 16.5. The Hall–Kier alpha value is -1.40. The molecule has 0 fully saturated rings. The first-order valence-corrected chi connectivity index (χ1v) is 5.67. The van der Waals surface area contributed by atoms with Crippen molar-refractivity contribution in [3.05, 3.63) is 11.9 Å². The van der Waals surface area contributed by atoms with Gasteiger partial charge in [-0.2, -0.15) is 0 Å². The molecule has 1 aromatic rings. The van der Waals surface area contributed by atoms with Crippen LogP contribution < -0.4 is 16.0 Å². The summed E-state index contributed by atoms with van der Waals surface area (Å²) in [5, 5.41) is 3.19. The molecule has 6 heteroatoms. The number of anilines is 2. The van der Waals surface area contributed by atoms with Gasteiger partial charge in [-0.25, -0.2) is 9.97 Å². The second-order valence-electron chi connectivity index (χ2n) is 3.79. The van der Waals surface area contributed by atoms with Crippen LogP contribution in [-0.2, 0) is 4.74 Å². The molecule has 0 atom stereocenters. The summed E-state index contributed by atoms with van der Waals surface area (Å²) in [6.45, 7) is 4.63. The highest BCUT2D eigenvalue weighted by Crippen LogP contribution is 2.13. The Morgan fingerprint density at radius 3 is 2.88 bits per heavy atom. The summed E-state index contributed by atoms with van der Waals surface area (Å²) in [6, 6.07) is 1.92. The first kappa shape index (κ1) is 13.7. The third-order valence-electron chi connectivity index (χ3n) is 2.29. The van der Waals surface area contributed by atoms with Crippen LogP contribution in [0, 0.1) is 6.92 Å². The minimum Gasteiger partial charge on any atom is -0.383 e. The summed E-state index contributed by atoms with van der Waals surface area (Å²) in [5.74, 6) is 2.43. The lowest BCUT2D eigenvalue weighted by molar-refractivity contribution is 0.210. The van der Waals surface area contributed by atoms with Crippen LogP contribution in [0.2, 0.25) is 0 Å².